The Balaban J connectivity index is 2.31. The molecule has 1 aromatic carbocycles. The van der Waals surface area contributed by atoms with E-state index in [0.717, 1.165) is 12.8 Å². The van der Waals surface area contributed by atoms with Crippen LogP contribution in [0, 0.1) is 17.2 Å². The summed E-state index contributed by atoms with van der Waals surface area (Å²) in [6, 6.07) is 4.91. The van der Waals surface area contributed by atoms with Crippen LogP contribution in [0.1, 0.15) is 38.2 Å². The molecule has 0 heterocycles. The van der Waals surface area contributed by atoms with Crippen LogP contribution in [0.3, 0.4) is 0 Å². The quantitative estimate of drug-likeness (QED) is 0.915. The first kappa shape index (κ1) is 14.8. The van der Waals surface area contributed by atoms with Crippen LogP contribution >= 0.6 is 0 Å². The highest BCUT2D eigenvalue weighted by Crippen LogP contribution is 2.43. The Morgan fingerprint density at radius 1 is 1.55 bits per heavy atom. The number of rotatable bonds is 4. The molecule has 0 saturated heterocycles. The van der Waals surface area contributed by atoms with Crippen LogP contribution in [-0.2, 0) is 11.2 Å². The summed E-state index contributed by atoms with van der Waals surface area (Å²) in [5.74, 6) is -0.708. The second-order valence-electron chi connectivity index (χ2n) is 5.90. The zero-order valence-corrected chi connectivity index (χ0v) is 12.0. The van der Waals surface area contributed by atoms with Gasteiger partial charge in [0.1, 0.15) is 0 Å². The van der Waals surface area contributed by atoms with Gasteiger partial charge in [-0.3, -0.25) is 4.79 Å². The van der Waals surface area contributed by atoms with Crippen LogP contribution in [-0.4, -0.2) is 18.2 Å². The van der Waals surface area contributed by atoms with Gasteiger partial charge in [0.2, 0.25) is 0 Å². The molecular weight excluding hydrogens is 259 g/mol. The second-order valence-corrected chi connectivity index (χ2v) is 5.90. The Morgan fingerprint density at radius 3 is 2.90 bits per heavy atom. The molecule has 2 rings (SSSR count). The van der Waals surface area contributed by atoms with E-state index in [0.29, 0.717) is 24.3 Å². The fraction of sp³-hybridized carbons (Fsp3) is 0.562. The summed E-state index contributed by atoms with van der Waals surface area (Å²) in [5, 5.41) is 9.63. The minimum Gasteiger partial charge on any atom is -0.494 e. The van der Waals surface area contributed by atoms with Crippen LogP contribution in [0.5, 0.6) is 5.75 Å². The van der Waals surface area contributed by atoms with Crippen molar-refractivity contribution in [3.63, 3.8) is 0 Å². The number of ether oxygens (including phenoxy) is 1. The smallest absolute Gasteiger partial charge is 0.309 e. The molecule has 0 bridgehead atoms. The zero-order valence-electron chi connectivity index (χ0n) is 12.0. The summed E-state index contributed by atoms with van der Waals surface area (Å²) in [6.45, 7) is 2.07. The highest BCUT2D eigenvalue weighted by molar-refractivity contribution is 5.75. The molecule has 1 aliphatic carbocycles. The summed E-state index contributed by atoms with van der Waals surface area (Å²) < 4.78 is 19.2. The molecule has 1 N–H and O–H groups in total. The second kappa shape index (κ2) is 5.81. The van der Waals surface area contributed by atoms with Crippen LogP contribution < -0.4 is 4.74 Å². The molecule has 0 spiro atoms. The average molecular weight is 280 g/mol. The van der Waals surface area contributed by atoms with Crippen LogP contribution in [0.4, 0.5) is 4.39 Å². The van der Waals surface area contributed by atoms with Crippen molar-refractivity contribution in [1.82, 2.24) is 0 Å². The van der Waals surface area contributed by atoms with Crippen LogP contribution in [0.2, 0.25) is 0 Å². The molecule has 0 aromatic heterocycles. The first-order valence-electron chi connectivity index (χ1n) is 7.03. The molecule has 2 atom stereocenters. The number of hydrogen-bond acceptors (Lipinski definition) is 2. The summed E-state index contributed by atoms with van der Waals surface area (Å²) >= 11 is 0. The van der Waals surface area contributed by atoms with Crippen molar-refractivity contribution in [3.8, 4) is 5.75 Å². The topological polar surface area (TPSA) is 46.5 Å². The number of carboxylic acid groups (broad SMARTS) is 1. The van der Waals surface area contributed by atoms with E-state index in [1.807, 2.05) is 0 Å². The summed E-state index contributed by atoms with van der Waals surface area (Å²) in [4.78, 5) is 11.7. The Morgan fingerprint density at radius 2 is 2.30 bits per heavy atom. The maximum Gasteiger partial charge on any atom is 0.309 e. The molecule has 1 saturated carbocycles. The molecule has 4 heteroatoms. The maximum atomic E-state index is 14.2. The van der Waals surface area contributed by atoms with E-state index in [-0.39, 0.29) is 12.2 Å². The average Bonchev–Trinajstić information content (AvgIpc) is 2.41. The zero-order chi connectivity index (χ0) is 14.8. The van der Waals surface area contributed by atoms with E-state index < -0.39 is 17.2 Å². The third kappa shape index (κ3) is 2.79. The van der Waals surface area contributed by atoms with Gasteiger partial charge in [0, 0.05) is 0 Å². The lowest BCUT2D eigenvalue weighted by Crippen LogP contribution is -2.38. The molecule has 2 unspecified atom stereocenters. The number of methoxy groups -OCH3 is 1. The van der Waals surface area contributed by atoms with Crippen molar-refractivity contribution in [2.75, 3.05) is 7.11 Å². The number of hydrogen-bond donors (Lipinski definition) is 1. The molecule has 110 valence electrons. The van der Waals surface area contributed by atoms with Gasteiger partial charge in [-0.05, 0) is 36.8 Å². The van der Waals surface area contributed by atoms with E-state index in [1.54, 1.807) is 18.2 Å². The number of aliphatic carboxylic acids is 1. The molecule has 1 aromatic rings. The third-order valence-corrected chi connectivity index (χ3v) is 4.34. The Labute approximate surface area is 118 Å². The van der Waals surface area contributed by atoms with Crippen molar-refractivity contribution < 1.29 is 19.0 Å². The van der Waals surface area contributed by atoms with Gasteiger partial charge in [-0.15, -0.1) is 0 Å². The first-order chi connectivity index (χ1) is 9.48. The van der Waals surface area contributed by atoms with Crippen molar-refractivity contribution >= 4 is 5.97 Å². The third-order valence-electron chi connectivity index (χ3n) is 4.34. The van der Waals surface area contributed by atoms with Gasteiger partial charge in [0.25, 0.3) is 0 Å². The molecule has 0 aliphatic heterocycles. The lowest BCUT2D eigenvalue weighted by Gasteiger charge is -2.36. The Kier molecular flexibility index (Phi) is 4.31. The van der Waals surface area contributed by atoms with Gasteiger partial charge in [0.15, 0.2) is 11.6 Å². The minimum absolute atomic E-state index is 0.173. The largest absolute Gasteiger partial charge is 0.494 e. The van der Waals surface area contributed by atoms with Crippen LogP contribution in [0.25, 0.3) is 0 Å². The van der Waals surface area contributed by atoms with Crippen molar-refractivity contribution in [2.24, 2.45) is 11.3 Å². The molecule has 0 amide bonds. The monoisotopic (exact) mass is 280 g/mol. The normalized spacial score (nSPS) is 26.2. The maximum absolute atomic E-state index is 14.2. The van der Waals surface area contributed by atoms with Gasteiger partial charge in [0.05, 0.1) is 12.5 Å². The van der Waals surface area contributed by atoms with E-state index in [4.69, 9.17) is 4.74 Å². The summed E-state index contributed by atoms with van der Waals surface area (Å²) in [6.07, 6.45) is 3.40. The SMILES string of the molecule is COc1cccc(CC2(C(=O)O)CCCC(C)C2)c1F. The van der Waals surface area contributed by atoms with Gasteiger partial charge < -0.3 is 9.84 Å². The fourth-order valence-electron chi connectivity index (χ4n) is 3.31. The van der Waals surface area contributed by atoms with E-state index in [2.05, 4.69) is 6.92 Å². The Bertz CT molecular complexity index is 500. The molecule has 1 aliphatic rings. The number of carbonyl (C=O) groups is 1. The van der Waals surface area contributed by atoms with Gasteiger partial charge in [-0.2, -0.15) is 0 Å². The lowest BCUT2D eigenvalue weighted by atomic mass is 9.67. The van der Waals surface area contributed by atoms with Gasteiger partial charge >= 0.3 is 5.97 Å². The van der Waals surface area contributed by atoms with E-state index >= 15 is 0 Å². The van der Waals surface area contributed by atoms with Crippen molar-refractivity contribution in [3.05, 3.63) is 29.6 Å². The molecule has 3 nitrogen and oxygen atoms in total. The summed E-state index contributed by atoms with van der Waals surface area (Å²) in [5.41, 5.74) is -0.411. The van der Waals surface area contributed by atoms with Crippen LogP contribution in [0.15, 0.2) is 18.2 Å². The number of halogens is 1. The molecule has 0 radical (unpaired) electrons. The highest BCUT2D eigenvalue weighted by Gasteiger charge is 2.42. The number of carboxylic acids is 1. The molecule has 1 fully saturated rings. The molecule has 20 heavy (non-hydrogen) atoms. The van der Waals surface area contributed by atoms with E-state index in [9.17, 15) is 14.3 Å². The summed E-state index contributed by atoms with van der Waals surface area (Å²) in [7, 11) is 1.41. The number of benzene rings is 1. The lowest BCUT2D eigenvalue weighted by molar-refractivity contribution is -0.152. The predicted octanol–water partition coefficient (Wildman–Crippen LogP) is 3.66. The fourth-order valence-corrected chi connectivity index (χ4v) is 3.31. The highest BCUT2D eigenvalue weighted by atomic mass is 19.1. The van der Waals surface area contributed by atoms with E-state index in [1.165, 1.54) is 7.11 Å². The Hall–Kier alpha value is -1.58. The van der Waals surface area contributed by atoms with Crippen molar-refractivity contribution in [2.45, 2.75) is 39.0 Å². The van der Waals surface area contributed by atoms with Gasteiger partial charge in [-0.1, -0.05) is 31.9 Å². The minimum atomic E-state index is -0.842. The standard InChI is InChI=1S/C16H21FO3/c1-11-5-4-8-16(9-11,15(18)19)10-12-6-3-7-13(20-2)14(12)17/h3,6-7,11H,4-5,8-10H2,1-2H3,(H,18,19). The first-order valence-corrected chi connectivity index (χ1v) is 7.03. The van der Waals surface area contributed by atoms with Crippen molar-refractivity contribution in [1.29, 1.82) is 0 Å². The predicted molar refractivity (Wildman–Crippen MR) is 74.4 cm³/mol. The van der Waals surface area contributed by atoms with Gasteiger partial charge in [-0.25, -0.2) is 4.39 Å². The molecular formula is C16H21FO3.